The van der Waals surface area contributed by atoms with Gasteiger partial charge in [-0.25, -0.2) is 9.97 Å². The number of fused-ring (bicyclic) bond motifs is 8. The SMILES string of the molecule is N#Cc1c(-c2ccc3ccccc3c2)nc(-c2ccccc2)nc1-c1cccc2c1c1ccc3c(c4ccccc4n3-c3ccccc3)c1n2-c1ccccc1. The van der Waals surface area contributed by atoms with Gasteiger partial charge in [0.25, 0.3) is 0 Å². The van der Waals surface area contributed by atoms with E-state index in [-0.39, 0.29) is 0 Å². The molecule has 0 saturated carbocycles. The van der Waals surface area contributed by atoms with E-state index in [4.69, 9.17) is 9.97 Å². The summed E-state index contributed by atoms with van der Waals surface area (Å²) >= 11 is 0. The maximum Gasteiger partial charge on any atom is 0.160 e. The number of rotatable bonds is 5. The molecule has 0 saturated heterocycles. The Morgan fingerprint density at radius 1 is 0.429 bits per heavy atom. The van der Waals surface area contributed by atoms with Crippen molar-refractivity contribution < 1.29 is 0 Å². The molecule has 0 bridgehead atoms. The van der Waals surface area contributed by atoms with Gasteiger partial charge in [-0.15, -0.1) is 0 Å². The fourth-order valence-corrected chi connectivity index (χ4v) is 8.53. The summed E-state index contributed by atoms with van der Waals surface area (Å²) in [5.41, 5.74) is 10.8. The minimum absolute atomic E-state index is 0.440. The molecule has 0 aliphatic rings. The van der Waals surface area contributed by atoms with Crippen molar-refractivity contribution in [3.63, 3.8) is 0 Å². The molecule has 0 aliphatic heterocycles. The number of aromatic nitrogens is 4. The van der Waals surface area contributed by atoms with Crippen molar-refractivity contribution in [1.29, 1.82) is 5.26 Å². The van der Waals surface area contributed by atoms with E-state index in [0.717, 1.165) is 77.1 Å². The highest BCUT2D eigenvalue weighted by atomic mass is 15.0. The van der Waals surface area contributed by atoms with Crippen molar-refractivity contribution >= 4 is 54.4 Å². The molecule has 0 atom stereocenters. The first-order valence-corrected chi connectivity index (χ1v) is 18.7. The van der Waals surface area contributed by atoms with Crippen LogP contribution in [0.15, 0.2) is 188 Å². The number of para-hydroxylation sites is 3. The summed E-state index contributed by atoms with van der Waals surface area (Å²) in [5.74, 6) is 0.569. The molecule has 0 N–H and O–H groups in total. The van der Waals surface area contributed by atoms with E-state index >= 15 is 0 Å². The van der Waals surface area contributed by atoms with E-state index in [1.807, 2.05) is 42.5 Å². The van der Waals surface area contributed by atoms with Crippen LogP contribution in [-0.4, -0.2) is 19.1 Å². The number of hydrogen-bond donors (Lipinski definition) is 0. The van der Waals surface area contributed by atoms with Gasteiger partial charge in [-0.1, -0.05) is 140 Å². The van der Waals surface area contributed by atoms with E-state index in [1.54, 1.807) is 0 Å². The van der Waals surface area contributed by atoms with Gasteiger partial charge in [0.2, 0.25) is 0 Å². The number of nitrogens with zero attached hydrogens (tertiary/aromatic N) is 5. The highest BCUT2D eigenvalue weighted by molar-refractivity contribution is 6.28. The molecule has 0 unspecified atom stereocenters. The summed E-state index contributed by atoms with van der Waals surface area (Å²) in [4.78, 5) is 10.4. The second-order valence-electron chi connectivity index (χ2n) is 14.1. The largest absolute Gasteiger partial charge is 0.309 e. The second kappa shape index (κ2) is 12.7. The molecule has 0 fully saturated rings. The van der Waals surface area contributed by atoms with Gasteiger partial charge < -0.3 is 9.13 Å². The fourth-order valence-electron chi connectivity index (χ4n) is 8.53. The lowest BCUT2D eigenvalue weighted by Crippen LogP contribution is -2.01. The highest BCUT2D eigenvalue weighted by Crippen LogP contribution is 2.45. The van der Waals surface area contributed by atoms with Gasteiger partial charge in [-0.2, -0.15) is 5.26 Å². The van der Waals surface area contributed by atoms with Gasteiger partial charge in [-0.05, 0) is 59.3 Å². The van der Waals surface area contributed by atoms with Crippen molar-refractivity contribution in [1.82, 2.24) is 19.1 Å². The van der Waals surface area contributed by atoms with Gasteiger partial charge in [0.15, 0.2) is 5.82 Å². The van der Waals surface area contributed by atoms with Crippen molar-refractivity contribution in [3.05, 3.63) is 194 Å². The smallest absolute Gasteiger partial charge is 0.160 e. The summed E-state index contributed by atoms with van der Waals surface area (Å²) < 4.78 is 4.74. The lowest BCUT2D eigenvalue weighted by molar-refractivity contribution is 1.17. The molecular formula is C51H31N5. The predicted octanol–water partition coefficient (Wildman–Crippen LogP) is 12.7. The average molecular weight is 714 g/mol. The summed E-state index contributed by atoms with van der Waals surface area (Å²) in [6.07, 6.45) is 0. The lowest BCUT2D eigenvalue weighted by atomic mass is 9.95. The number of nitriles is 1. The molecular weight excluding hydrogens is 683 g/mol. The average Bonchev–Trinajstić information content (AvgIpc) is 3.80. The number of benzene rings is 8. The van der Waals surface area contributed by atoms with E-state index in [9.17, 15) is 5.26 Å². The lowest BCUT2D eigenvalue weighted by Gasteiger charge is -2.14. The molecule has 0 radical (unpaired) electrons. The van der Waals surface area contributed by atoms with Crippen LogP contribution in [0.3, 0.4) is 0 Å². The highest BCUT2D eigenvalue weighted by Gasteiger charge is 2.25. The molecule has 56 heavy (non-hydrogen) atoms. The standard InChI is InChI=1S/C51H31N5/c52-32-42-48(36-28-27-33-15-10-11-18-35(33)31-36)53-51(34-16-4-1-5-17-34)54-49(42)40-24-14-26-44-46(40)41-29-30-45-47(50(41)56(44)38-21-8-3-9-22-38)39-23-12-13-25-43(39)55(45)37-19-6-2-7-20-37/h1-31H. The zero-order valence-corrected chi connectivity index (χ0v) is 30.1. The van der Waals surface area contributed by atoms with Crippen LogP contribution in [0.5, 0.6) is 0 Å². The van der Waals surface area contributed by atoms with Gasteiger partial charge >= 0.3 is 0 Å². The zero-order chi connectivity index (χ0) is 37.2. The van der Waals surface area contributed by atoms with Crippen LogP contribution in [0, 0.1) is 11.3 Å². The molecule has 0 amide bonds. The van der Waals surface area contributed by atoms with Gasteiger partial charge in [0.1, 0.15) is 11.6 Å². The van der Waals surface area contributed by atoms with Crippen molar-refractivity contribution in [2.45, 2.75) is 0 Å². The Morgan fingerprint density at radius 3 is 1.82 bits per heavy atom. The molecule has 3 heterocycles. The van der Waals surface area contributed by atoms with Gasteiger partial charge in [0.05, 0.1) is 33.5 Å². The monoisotopic (exact) mass is 713 g/mol. The van der Waals surface area contributed by atoms with Crippen LogP contribution in [-0.2, 0) is 0 Å². The molecule has 5 heteroatoms. The van der Waals surface area contributed by atoms with Gasteiger partial charge in [0, 0.05) is 49.6 Å². The Labute approximate surface area is 322 Å². The van der Waals surface area contributed by atoms with Gasteiger partial charge in [-0.3, -0.25) is 0 Å². The minimum atomic E-state index is 0.440. The maximum atomic E-state index is 11.1. The van der Waals surface area contributed by atoms with Crippen LogP contribution < -0.4 is 0 Å². The second-order valence-corrected chi connectivity index (χ2v) is 14.1. The predicted molar refractivity (Wildman–Crippen MR) is 229 cm³/mol. The Balaban J connectivity index is 1.29. The Morgan fingerprint density at radius 2 is 1.05 bits per heavy atom. The zero-order valence-electron chi connectivity index (χ0n) is 30.1. The summed E-state index contributed by atoms with van der Waals surface area (Å²) in [6.45, 7) is 0. The third kappa shape index (κ3) is 4.80. The molecule has 11 aromatic rings. The quantitative estimate of drug-likeness (QED) is 0.178. The molecule has 0 spiro atoms. The van der Waals surface area contributed by atoms with Crippen LogP contribution in [0.2, 0.25) is 0 Å². The van der Waals surface area contributed by atoms with Crippen LogP contribution in [0.4, 0.5) is 0 Å². The number of hydrogen-bond acceptors (Lipinski definition) is 3. The minimum Gasteiger partial charge on any atom is -0.309 e. The Bertz CT molecular complexity index is 3350. The third-order valence-electron chi connectivity index (χ3n) is 10.9. The fraction of sp³-hybridized carbons (Fsp3) is 0. The Hall–Kier alpha value is -7.81. The van der Waals surface area contributed by atoms with Crippen LogP contribution >= 0.6 is 0 Å². The molecule has 260 valence electrons. The molecule has 0 aliphatic carbocycles. The Kier molecular flexibility index (Phi) is 7.16. The third-order valence-corrected chi connectivity index (χ3v) is 10.9. The van der Waals surface area contributed by atoms with E-state index < -0.39 is 0 Å². The molecule has 11 rings (SSSR count). The first kappa shape index (κ1) is 31.7. The topological polar surface area (TPSA) is 59.4 Å². The van der Waals surface area contributed by atoms with Crippen molar-refractivity contribution in [3.8, 4) is 51.3 Å². The summed E-state index contributed by atoms with van der Waals surface area (Å²) in [5, 5.41) is 17.8. The first-order chi connectivity index (χ1) is 27.8. The molecule has 8 aromatic carbocycles. The van der Waals surface area contributed by atoms with Crippen molar-refractivity contribution in [2.24, 2.45) is 0 Å². The van der Waals surface area contributed by atoms with E-state index in [1.165, 1.54) is 5.39 Å². The van der Waals surface area contributed by atoms with Crippen LogP contribution in [0.1, 0.15) is 5.56 Å². The maximum absolute atomic E-state index is 11.1. The molecule has 3 aromatic heterocycles. The van der Waals surface area contributed by atoms with E-state index in [0.29, 0.717) is 22.8 Å². The first-order valence-electron chi connectivity index (χ1n) is 18.7. The summed E-state index contributed by atoms with van der Waals surface area (Å²) in [7, 11) is 0. The van der Waals surface area contributed by atoms with Crippen molar-refractivity contribution in [2.75, 3.05) is 0 Å². The summed E-state index contributed by atoms with van der Waals surface area (Å²) in [6, 6.07) is 67.8. The van der Waals surface area contributed by atoms with Crippen LogP contribution in [0.25, 0.3) is 99.7 Å². The molecule has 5 nitrogen and oxygen atoms in total. The van der Waals surface area contributed by atoms with E-state index in [2.05, 4.69) is 161 Å². The normalized spacial score (nSPS) is 11.6.